The highest BCUT2D eigenvalue weighted by atomic mass is 32.2. The van der Waals surface area contributed by atoms with Gasteiger partial charge in [0.05, 0.1) is 22.1 Å². The third-order valence-corrected chi connectivity index (χ3v) is 8.21. The summed E-state index contributed by atoms with van der Waals surface area (Å²) in [5.41, 5.74) is 1.62. The number of nitrogens with zero attached hydrogens (tertiary/aromatic N) is 1. The molecule has 1 heterocycles. The van der Waals surface area contributed by atoms with Gasteiger partial charge in [-0.15, -0.1) is 11.8 Å². The van der Waals surface area contributed by atoms with Crippen LogP contribution in [0.5, 0.6) is 5.75 Å². The van der Waals surface area contributed by atoms with E-state index in [1.165, 1.54) is 29.5 Å². The Balaban J connectivity index is 1.38. The second kappa shape index (κ2) is 11.7. The molecule has 34 heavy (non-hydrogen) atoms. The number of thiazole rings is 1. The summed E-state index contributed by atoms with van der Waals surface area (Å²) in [4.78, 5) is 31.1. The second-order valence-corrected chi connectivity index (χ2v) is 10.7. The molecule has 1 aromatic heterocycles. The molecule has 0 aliphatic heterocycles. The molecule has 0 saturated heterocycles. The Morgan fingerprint density at radius 2 is 1.94 bits per heavy atom. The van der Waals surface area contributed by atoms with E-state index in [2.05, 4.69) is 15.6 Å². The maximum absolute atomic E-state index is 13.0. The van der Waals surface area contributed by atoms with Gasteiger partial charge < -0.3 is 15.4 Å². The molecule has 0 radical (unpaired) electrons. The van der Waals surface area contributed by atoms with E-state index >= 15 is 0 Å². The smallest absolute Gasteiger partial charge is 0.239 e. The number of anilines is 2. The summed E-state index contributed by atoms with van der Waals surface area (Å²) >= 11 is 2.95. The lowest BCUT2D eigenvalue weighted by Gasteiger charge is -2.21. The predicted molar refractivity (Wildman–Crippen MR) is 141 cm³/mol. The average Bonchev–Trinajstić information content (AvgIpc) is 3.25. The molecule has 1 saturated carbocycles. The van der Waals surface area contributed by atoms with Crippen LogP contribution in [0.4, 0.5) is 10.8 Å². The molecule has 2 N–H and O–H groups in total. The van der Waals surface area contributed by atoms with Crippen molar-refractivity contribution in [3.63, 3.8) is 0 Å². The fraction of sp³-hybridized carbons (Fsp3) is 0.423. The van der Waals surface area contributed by atoms with E-state index in [0.29, 0.717) is 18.2 Å². The van der Waals surface area contributed by atoms with Crippen molar-refractivity contribution in [3.05, 3.63) is 42.5 Å². The minimum atomic E-state index is -0.268. The number of hydrogen-bond acceptors (Lipinski definition) is 6. The van der Waals surface area contributed by atoms with Crippen LogP contribution in [-0.4, -0.2) is 28.7 Å². The predicted octanol–water partition coefficient (Wildman–Crippen LogP) is 6.72. The molecule has 180 valence electrons. The van der Waals surface area contributed by atoms with Gasteiger partial charge in [0.1, 0.15) is 5.75 Å². The molecule has 1 fully saturated rings. The SMILES string of the molecule is CCOc1ccc2nc(NC(=O)C(CC)Sc3cccc(NC(=O)C4CCCCC4)c3)sc2c1. The van der Waals surface area contributed by atoms with Crippen LogP contribution in [0.25, 0.3) is 10.2 Å². The molecule has 0 spiro atoms. The standard InChI is InChI=1S/C26H31N3O3S2/c1-3-22(25(31)29-26-28-21-14-13-19(32-4-2)16-23(21)34-26)33-20-12-8-11-18(15-20)27-24(30)17-9-6-5-7-10-17/h8,11-17,22H,3-7,9-10H2,1-2H3,(H,27,30)(H,28,29,31). The van der Waals surface area contributed by atoms with E-state index in [1.807, 2.05) is 56.3 Å². The van der Waals surface area contributed by atoms with Gasteiger partial charge in [-0.25, -0.2) is 4.98 Å². The highest BCUT2D eigenvalue weighted by Crippen LogP contribution is 2.32. The topological polar surface area (TPSA) is 80.3 Å². The van der Waals surface area contributed by atoms with E-state index < -0.39 is 0 Å². The van der Waals surface area contributed by atoms with Crippen LogP contribution in [0, 0.1) is 5.92 Å². The third-order valence-electron chi connectivity index (χ3n) is 5.92. The number of fused-ring (bicyclic) bond motifs is 1. The second-order valence-electron chi connectivity index (χ2n) is 8.44. The molecule has 1 aliphatic rings. The fourth-order valence-electron chi connectivity index (χ4n) is 4.14. The van der Waals surface area contributed by atoms with Crippen molar-refractivity contribution in [2.24, 2.45) is 5.92 Å². The number of carbonyl (C=O) groups excluding carboxylic acids is 2. The average molecular weight is 498 g/mol. The van der Waals surface area contributed by atoms with E-state index in [0.717, 1.165) is 52.2 Å². The van der Waals surface area contributed by atoms with Crippen LogP contribution < -0.4 is 15.4 Å². The molecule has 1 atom stereocenters. The summed E-state index contributed by atoms with van der Waals surface area (Å²) in [5, 5.41) is 6.37. The lowest BCUT2D eigenvalue weighted by atomic mass is 9.88. The zero-order chi connectivity index (χ0) is 23.9. The van der Waals surface area contributed by atoms with Crippen LogP contribution in [0.15, 0.2) is 47.4 Å². The van der Waals surface area contributed by atoms with E-state index in [4.69, 9.17) is 4.74 Å². The maximum Gasteiger partial charge on any atom is 0.239 e. The summed E-state index contributed by atoms with van der Waals surface area (Å²) < 4.78 is 6.53. The van der Waals surface area contributed by atoms with E-state index in [1.54, 1.807) is 0 Å². The number of rotatable bonds is 9. The van der Waals surface area contributed by atoms with Gasteiger partial charge >= 0.3 is 0 Å². The lowest BCUT2D eigenvalue weighted by molar-refractivity contribution is -0.120. The van der Waals surface area contributed by atoms with Crippen LogP contribution in [0.1, 0.15) is 52.4 Å². The lowest BCUT2D eigenvalue weighted by Crippen LogP contribution is -2.25. The molecule has 1 aliphatic carbocycles. The van der Waals surface area contributed by atoms with Gasteiger partial charge in [0.15, 0.2) is 5.13 Å². The van der Waals surface area contributed by atoms with Gasteiger partial charge in [0.25, 0.3) is 0 Å². The molecule has 2 aromatic carbocycles. The molecule has 3 aromatic rings. The molecular weight excluding hydrogens is 466 g/mol. The van der Waals surface area contributed by atoms with Gasteiger partial charge in [-0.1, -0.05) is 43.6 Å². The number of benzene rings is 2. The Labute approximate surface area is 208 Å². The van der Waals surface area contributed by atoms with E-state index in [9.17, 15) is 9.59 Å². The Bertz CT molecular complexity index is 1140. The largest absolute Gasteiger partial charge is 0.494 e. The van der Waals surface area contributed by atoms with Gasteiger partial charge in [-0.2, -0.15) is 0 Å². The number of hydrogen-bond donors (Lipinski definition) is 2. The van der Waals surface area contributed by atoms with Crippen molar-refractivity contribution < 1.29 is 14.3 Å². The Morgan fingerprint density at radius 3 is 2.71 bits per heavy atom. The summed E-state index contributed by atoms with van der Waals surface area (Å²) in [5.74, 6) is 0.940. The Kier molecular flexibility index (Phi) is 8.45. The summed E-state index contributed by atoms with van der Waals surface area (Å²) in [6.45, 7) is 4.55. The highest BCUT2D eigenvalue weighted by molar-refractivity contribution is 8.00. The minimum absolute atomic E-state index is 0.0757. The minimum Gasteiger partial charge on any atom is -0.494 e. The number of ether oxygens (including phenoxy) is 1. The number of thioether (sulfide) groups is 1. The van der Waals surface area contributed by atoms with Crippen molar-refractivity contribution in [2.75, 3.05) is 17.2 Å². The summed E-state index contributed by atoms with van der Waals surface area (Å²) in [6.07, 6.45) is 6.09. The number of carbonyl (C=O) groups is 2. The first-order valence-corrected chi connectivity index (χ1v) is 13.7. The van der Waals surface area contributed by atoms with Crippen molar-refractivity contribution in [2.45, 2.75) is 62.5 Å². The number of aromatic nitrogens is 1. The van der Waals surface area contributed by atoms with Crippen LogP contribution in [0.3, 0.4) is 0 Å². The molecule has 6 nitrogen and oxygen atoms in total. The molecular formula is C26H31N3O3S2. The van der Waals surface area contributed by atoms with Crippen molar-refractivity contribution in [1.82, 2.24) is 4.98 Å². The zero-order valence-corrected chi connectivity index (χ0v) is 21.3. The van der Waals surface area contributed by atoms with Gasteiger partial charge in [-0.05, 0) is 62.6 Å². The van der Waals surface area contributed by atoms with Crippen molar-refractivity contribution in [3.8, 4) is 5.75 Å². The fourth-order valence-corrected chi connectivity index (χ4v) is 6.05. The third kappa shape index (κ3) is 6.30. The van der Waals surface area contributed by atoms with Crippen LogP contribution >= 0.6 is 23.1 Å². The van der Waals surface area contributed by atoms with Crippen LogP contribution in [-0.2, 0) is 9.59 Å². The molecule has 4 rings (SSSR count). The van der Waals surface area contributed by atoms with Crippen molar-refractivity contribution in [1.29, 1.82) is 0 Å². The van der Waals surface area contributed by atoms with Crippen molar-refractivity contribution >= 4 is 55.9 Å². The van der Waals surface area contributed by atoms with Gasteiger partial charge in [0, 0.05) is 16.5 Å². The first kappa shape index (κ1) is 24.5. The number of nitrogens with one attached hydrogen (secondary N) is 2. The first-order valence-electron chi connectivity index (χ1n) is 12.0. The zero-order valence-electron chi connectivity index (χ0n) is 19.6. The Hall–Kier alpha value is -2.58. The van der Waals surface area contributed by atoms with Gasteiger partial charge in [-0.3, -0.25) is 9.59 Å². The molecule has 2 amide bonds. The molecule has 1 unspecified atom stereocenters. The number of amides is 2. The highest BCUT2D eigenvalue weighted by Gasteiger charge is 2.22. The monoisotopic (exact) mass is 497 g/mol. The Morgan fingerprint density at radius 1 is 1.12 bits per heavy atom. The summed E-state index contributed by atoms with van der Waals surface area (Å²) in [6, 6.07) is 13.5. The van der Waals surface area contributed by atoms with Crippen LogP contribution in [0.2, 0.25) is 0 Å². The molecule has 8 heteroatoms. The van der Waals surface area contributed by atoms with Gasteiger partial charge in [0.2, 0.25) is 11.8 Å². The maximum atomic E-state index is 13.0. The quantitative estimate of drug-likeness (QED) is 0.321. The summed E-state index contributed by atoms with van der Waals surface area (Å²) in [7, 11) is 0. The normalized spacial score (nSPS) is 15.1. The molecule has 0 bridgehead atoms. The first-order chi connectivity index (χ1) is 16.6. The van der Waals surface area contributed by atoms with E-state index in [-0.39, 0.29) is 23.0 Å².